The lowest BCUT2D eigenvalue weighted by Gasteiger charge is -2.24. The van der Waals surface area contributed by atoms with Gasteiger partial charge in [0.2, 0.25) is 0 Å². The molecular weight excluding hydrogens is 254 g/mol. The molecule has 0 bridgehead atoms. The molecule has 5 nitrogen and oxygen atoms in total. The lowest BCUT2D eigenvalue weighted by molar-refractivity contribution is 0.0515. The predicted molar refractivity (Wildman–Crippen MR) is 83.7 cm³/mol. The minimum Gasteiger partial charge on any atom is -0.444 e. The highest BCUT2D eigenvalue weighted by Gasteiger charge is 2.18. The SMILES string of the molecule is CC(C)C(CNCCCCN)CNC(=O)OC(C)(C)C. The fraction of sp³-hybridized carbons (Fsp3) is 0.933. The summed E-state index contributed by atoms with van der Waals surface area (Å²) in [5.41, 5.74) is 5.01. The van der Waals surface area contributed by atoms with Crippen LogP contribution in [0, 0.1) is 11.8 Å². The van der Waals surface area contributed by atoms with E-state index in [1.807, 2.05) is 20.8 Å². The number of alkyl carbamates (subject to hydrolysis) is 1. The summed E-state index contributed by atoms with van der Waals surface area (Å²) in [4.78, 5) is 11.6. The summed E-state index contributed by atoms with van der Waals surface area (Å²) in [6.45, 7) is 13.2. The van der Waals surface area contributed by atoms with Gasteiger partial charge in [-0.3, -0.25) is 0 Å². The van der Waals surface area contributed by atoms with Gasteiger partial charge in [-0.25, -0.2) is 4.79 Å². The molecule has 0 aromatic carbocycles. The molecule has 1 amide bonds. The van der Waals surface area contributed by atoms with Gasteiger partial charge in [0, 0.05) is 6.54 Å². The number of nitrogens with two attached hydrogens (primary N) is 1. The third-order valence-corrected chi connectivity index (χ3v) is 3.06. The van der Waals surface area contributed by atoms with Crippen molar-refractivity contribution in [3.8, 4) is 0 Å². The molecule has 0 aliphatic rings. The van der Waals surface area contributed by atoms with E-state index in [4.69, 9.17) is 10.5 Å². The van der Waals surface area contributed by atoms with Gasteiger partial charge in [-0.2, -0.15) is 0 Å². The molecule has 0 saturated heterocycles. The van der Waals surface area contributed by atoms with Gasteiger partial charge in [0.1, 0.15) is 5.60 Å². The zero-order valence-electron chi connectivity index (χ0n) is 13.8. The fourth-order valence-electron chi connectivity index (χ4n) is 1.75. The van der Waals surface area contributed by atoms with Crippen LogP contribution in [0.2, 0.25) is 0 Å². The van der Waals surface area contributed by atoms with E-state index in [1.165, 1.54) is 0 Å². The summed E-state index contributed by atoms with van der Waals surface area (Å²) >= 11 is 0. The summed E-state index contributed by atoms with van der Waals surface area (Å²) in [6.07, 6.45) is 1.81. The van der Waals surface area contributed by atoms with Crippen molar-refractivity contribution in [3.63, 3.8) is 0 Å². The second kappa shape index (κ2) is 10.00. The van der Waals surface area contributed by atoms with Gasteiger partial charge in [0.05, 0.1) is 0 Å². The molecular formula is C15H33N3O2. The Hall–Kier alpha value is -0.810. The molecule has 1 unspecified atom stereocenters. The van der Waals surface area contributed by atoms with Crippen LogP contribution in [0.1, 0.15) is 47.5 Å². The maximum Gasteiger partial charge on any atom is 0.407 e. The summed E-state index contributed by atoms with van der Waals surface area (Å²) in [5, 5.41) is 6.28. The van der Waals surface area contributed by atoms with Crippen LogP contribution in [-0.4, -0.2) is 37.9 Å². The van der Waals surface area contributed by atoms with Crippen molar-refractivity contribution < 1.29 is 9.53 Å². The Kier molecular flexibility index (Phi) is 9.59. The number of hydrogen-bond acceptors (Lipinski definition) is 4. The number of carbonyl (C=O) groups excluding carboxylic acids is 1. The molecule has 0 spiro atoms. The molecule has 1 atom stereocenters. The molecule has 4 N–H and O–H groups in total. The lowest BCUT2D eigenvalue weighted by Crippen LogP contribution is -2.39. The zero-order valence-corrected chi connectivity index (χ0v) is 13.8. The first kappa shape index (κ1) is 19.2. The molecule has 0 saturated carbocycles. The predicted octanol–water partition coefficient (Wildman–Crippen LogP) is 2.11. The molecule has 20 heavy (non-hydrogen) atoms. The Bertz CT molecular complexity index is 262. The first-order valence-electron chi connectivity index (χ1n) is 7.64. The number of carbonyl (C=O) groups is 1. The van der Waals surface area contributed by atoms with Gasteiger partial charge >= 0.3 is 6.09 Å². The Morgan fingerprint density at radius 1 is 1.20 bits per heavy atom. The van der Waals surface area contributed by atoms with E-state index in [-0.39, 0.29) is 6.09 Å². The van der Waals surface area contributed by atoms with Crippen molar-refractivity contribution in [1.29, 1.82) is 0 Å². The Labute approximate surface area is 124 Å². The third kappa shape index (κ3) is 11.1. The Balaban J connectivity index is 3.94. The minimum atomic E-state index is -0.447. The van der Waals surface area contributed by atoms with Gasteiger partial charge in [0.25, 0.3) is 0 Å². The van der Waals surface area contributed by atoms with Crippen LogP contribution in [-0.2, 0) is 4.74 Å². The molecule has 0 fully saturated rings. The van der Waals surface area contributed by atoms with Crippen LogP contribution in [0.5, 0.6) is 0 Å². The molecule has 0 aromatic rings. The molecule has 120 valence electrons. The number of nitrogens with one attached hydrogen (secondary N) is 2. The van der Waals surface area contributed by atoms with Crippen LogP contribution in [0.3, 0.4) is 0 Å². The van der Waals surface area contributed by atoms with E-state index in [0.717, 1.165) is 32.5 Å². The standard InChI is InChI=1S/C15H33N3O2/c1-12(2)13(10-17-9-7-6-8-16)11-18-14(19)20-15(3,4)5/h12-13,17H,6-11,16H2,1-5H3,(H,18,19). The fourth-order valence-corrected chi connectivity index (χ4v) is 1.75. The average molecular weight is 287 g/mol. The number of ether oxygens (including phenoxy) is 1. The van der Waals surface area contributed by atoms with Crippen molar-refractivity contribution in [2.24, 2.45) is 17.6 Å². The van der Waals surface area contributed by atoms with E-state index in [2.05, 4.69) is 24.5 Å². The topological polar surface area (TPSA) is 76.4 Å². The first-order chi connectivity index (χ1) is 9.26. The molecule has 5 heteroatoms. The van der Waals surface area contributed by atoms with Crippen LogP contribution in [0.4, 0.5) is 4.79 Å². The molecule has 0 heterocycles. The van der Waals surface area contributed by atoms with Crippen LogP contribution in [0.25, 0.3) is 0 Å². The van der Waals surface area contributed by atoms with Crippen molar-refractivity contribution in [2.45, 2.75) is 53.1 Å². The number of unbranched alkanes of at least 4 members (excludes halogenated alkanes) is 1. The van der Waals surface area contributed by atoms with Gasteiger partial charge in [-0.15, -0.1) is 0 Å². The second-order valence-electron chi connectivity index (χ2n) is 6.59. The average Bonchev–Trinajstić information content (AvgIpc) is 2.29. The first-order valence-corrected chi connectivity index (χ1v) is 7.64. The lowest BCUT2D eigenvalue weighted by atomic mass is 9.96. The van der Waals surface area contributed by atoms with E-state index < -0.39 is 5.60 Å². The number of rotatable bonds is 9. The summed E-state index contributed by atoms with van der Waals surface area (Å²) in [7, 11) is 0. The summed E-state index contributed by atoms with van der Waals surface area (Å²) in [5.74, 6) is 0.910. The van der Waals surface area contributed by atoms with Gasteiger partial charge in [-0.1, -0.05) is 13.8 Å². The Morgan fingerprint density at radius 2 is 1.85 bits per heavy atom. The normalized spacial score (nSPS) is 13.3. The second-order valence-corrected chi connectivity index (χ2v) is 6.59. The smallest absolute Gasteiger partial charge is 0.407 e. The molecule has 0 rings (SSSR count). The van der Waals surface area contributed by atoms with Gasteiger partial charge in [-0.05, 0) is 65.1 Å². The number of hydrogen-bond donors (Lipinski definition) is 3. The Morgan fingerprint density at radius 3 is 2.35 bits per heavy atom. The summed E-state index contributed by atoms with van der Waals surface area (Å²) in [6, 6.07) is 0. The molecule has 0 radical (unpaired) electrons. The van der Waals surface area contributed by atoms with Crippen molar-refractivity contribution in [1.82, 2.24) is 10.6 Å². The maximum atomic E-state index is 11.6. The highest BCUT2D eigenvalue weighted by atomic mass is 16.6. The molecule has 0 aliphatic heterocycles. The van der Waals surface area contributed by atoms with Crippen LogP contribution in [0.15, 0.2) is 0 Å². The van der Waals surface area contributed by atoms with Crippen molar-refractivity contribution >= 4 is 6.09 Å². The van der Waals surface area contributed by atoms with E-state index >= 15 is 0 Å². The van der Waals surface area contributed by atoms with Crippen molar-refractivity contribution in [2.75, 3.05) is 26.2 Å². The van der Waals surface area contributed by atoms with Gasteiger partial charge in [0.15, 0.2) is 0 Å². The quantitative estimate of drug-likeness (QED) is 0.568. The number of amides is 1. The zero-order chi connectivity index (χ0) is 15.6. The summed E-state index contributed by atoms with van der Waals surface area (Å²) < 4.78 is 5.24. The van der Waals surface area contributed by atoms with E-state index in [9.17, 15) is 4.79 Å². The highest BCUT2D eigenvalue weighted by Crippen LogP contribution is 2.10. The van der Waals surface area contributed by atoms with Gasteiger partial charge < -0.3 is 21.1 Å². The molecule has 0 aliphatic carbocycles. The minimum absolute atomic E-state index is 0.341. The maximum absolute atomic E-state index is 11.6. The molecule has 0 aromatic heterocycles. The van der Waals surface area contributed by atoms with E-state index in [0.29, 0.717) is 18.4 Å². The third-order valence-electron chi connectivity index (χ3n) is 3.06. The van der Waals surface area contributed by atoms with Crippen LogP contribution >= 0.6 is 0 Å². The van der Waals surface area contributed by atoms with E-state index in [1.54, 1.807) is 0 Å². The monoisotopic (exact) mass is 287 g/mol. The highest BCUT2D eigenvalue weighted by molar-refractivity contribution is 5.67. The van der Waals surface area contributed by atoms with Crippen LogP contribution < -0.4 is 16.4 Å². The largest absolute Gasteiger partial charge is 0.444 e. The van der Waals surface area contributed by atoms with Crippen molar-refractivity contribution in [3.05, 3.63) is 0 Å².